The average Bonchev–Trinajstić information content (AvgIpc) is 2.78. The maximum atomic E-state index is 12.6. The molecule has 0 aromatic heterocycles. The van der Waals surface area contributed by atoms with Crippen molar-refractivity contribution in [3.63, 3.8) is 0 Å². The summed E-state index contributed by atoms with van der Waals surface area (Å²) in [5.74, 6) is 0.396. The Labute approximate surface area is 119 Å². The first-order valence-electron chi connectivity index (χ1n) is 6.36. The van der Waals surface area contributed by atoms with Gasteiger partial charge in [-0.1, -0.05) is 11.6 Å². The Morgan fingerprint density at radius 3 is 2.84 bits per heavy atom. The number of benzene rings is 1. The van der Waals surface area contributed by atoms with E-state index >= 15 is 0 Å². The van der Waals surface area contributed by atoms with E-state index in [0.29, 0.717) is 34.5 Å². The van der Waals surface area contributed by atoms with Gasteiger partial charge in [-0.15, -0.1) is 0 Å². The minimum atomic E-state index is -3.39. The Morgan fingerprint density at radius 1 is 1.47 bits per heavy atom. The Balaban J connectivity index is 2.23. The van der Waals surface area contributed by atoms with Crippen LogP contribution in [0.1, 0.15) is 12.0 Å². The number of nitrogens with zero attached hydrogens (tertiary/aromatic N) is 1. The highest BCUT2D eigenvalue weighted by atomic mass is 35.5. The third-order valence-electron chi connectivity index (χ3n) is 3.50. The van der Waals surface area contributed by atoms with Gasteiger partial charge in [-0.05, 0) is 56.6 Å². The summed E-state index contributed by atoms with van der Waals surface area (Å²) in [5.41, 5.74) is 0.699. The molecule has 0 amide bonds. The quantitative estimate of drug-likeness (QED) is 0.924. The summed E-state index contributed by atoms with van der Waals surface area (Å²) in [6.07, 6.45) is 0.909. The molecule has 1 N–H and O–H groups in total. The maximum absolute atomic E-state index is 12.6. The molecule has 1 heterocycles. The van der Waals surface area contributed by atoms with E-state index in [1.807, 2.05) is 7.05 Å². The van der Waals surface area contributed by atoms with E-state index in [4.69, 9.17) is 11.6 Å². The molecule has 0 spiro atoms. The van der Waals surface area contributed by atoms with Crippen molar-refractivity contribution in [1.29, 1.82) is 0 Å². The zero-order valence-corrected chi connectivity index (χ0v) is 12.8. The predicted octanol–water partition coefficient (Wildman–Crippen LogP) is 1.88. The number of sulfonamides is 1. The normalized spacial score (nSPS) is 20.9. The first-order valence-corrected chi connectivity index (χ1v) is 8.18. The first kappa shape index (κ1) is 14.8. The Morgan fingerprint density at radius 2 is 2.21 bits per heavy atom. The molecule has 1 aliphatic rings. The maximum Gasteiger partial charge on any atom is 0.243 e. The lowest BCUT2D eigenvalue weighted by Gasteiger charge is -2.18. The SMILES string of the molecule is CNC[C@H]1CCN(S(=O)(=O)c2ccc(Cl)cc2C)C1. The Bertz CT molecular complexity index is 560. The molecule has 106 valence electrons. The topological polar surface area (TPSA) is 49.4 Å². The van der Waals surface area contributed by atoms with Gasteiger partial charge < -0.3 is 5.32 Å². The number of aryl methyl sites for hydroxylation is 1. The van der Waals surface area contributed by atoms with Gasteiger partial charge in [0.15, 0.2) is 0 Å². The van der Waals surface area contributed by atoms with E-state index in [-0.39, 0.29) is 0 Å². The van der Waals surface area contributed by atoms with Crippen LogP contribution in [0, 0.1) is 12.8 Å². The van der Waals surface area contributed by atoms with Gasteiger partial charge in [0.05, 0.1) is 4.90 Å². The van der Waals surface area contributed by atoms with Gasteiger partial charge in [0.25, 0.3) is 0 Å². The second-order valence-electron chi connectivity index (χ2n) is 4.99. The van der Waals surface area contributed by atoms with Gasteiger partial charge >= 0.3 is 0 Å². The van der Waals surface area contributed by atoms with E-state index < -0.39 is 10.0 Å². The molecule has 6 heteroatoms. The number of halogens is 1. The van der Waals surface area contributed by atoms with E-state index in [2.05, 4.69) is 5.32 Å². The fourth-order valence-corrected chi connectivity index (χ4v) is 4.48. The molecule has 1 fully saturated rings. The summed E-state index contributed by atoms with van der Waals surface area (Å²) in [7, 11) is -1.50. The largest absolute Gasteiger partial charge is 0.319 e. The minimum Gasteiger partial charge on any atom is -0.319 e. The molecule has 1 aliphatic heterocycles. The van der Waals surface area contributed by atoms with Crippen LogP contribution in [0.5, 0.6) is 0 Å². The summed E-state index contributed by atoms with van der Waals surface area (Å²) < 4.78 is 26.7. The van der Waals surface area contributed by atoms with Gasteiger partial charge in [0.1, 0.15) is 0 Å². The summed E-state index contributed by atoms with van der Waals surface area (Å²) in [6, 6.07) is 4.91. The van der Waals surface area contributed by atoms with Crippen LogP contribution in [0.4, 0.5) is 0 Å². The smallest absolute Gasteiger partial charge is 0.243 e. The van der Waals surface area contributed by atoms with Crippen LogP contribution in [-0.4, -0.2) is 39.4 Å². The number of rotatable bonds is 4. The fourth-order valence-electron chi connectivity index (χ4n) is 2.51. The van der Waals surface area contributed by atoms with Gasteiger partial charge in [-0.3, -0.25) is 0 Å². The van der Waals surface area contributed by atoms with Crippen LogP contribution in [0.25, 0.3) is 0 Å². The summed E-state index contributed by atoms with van der Waals surface area (Å²) >= 11 is 5.87. The van der Waals surface area contributed by atoms with E-state index in [1.54, 1.807) is 29.4 Å². The molecule has 0 aliphatic carbocycles. The third kappa shape index (κ3) is 3.11. The van der Waals surface area contributed by atoms with Crippen molar-refractivity contribution in [1.82, 2.24) is 9.62 Å². The molecule has 0 radical (unpaired) electrons. The highest BCUT2D eigenvalue weighted by Gasteiger charge is 2.32. The van der Waals surface area contributed by atoms with E-state index in [1.165, 1.54) is 0 Å². The lowest BCUT2D eigenvalue weighted by Crippen LogP contribution is -2.30. The van der Waals surface area contributed by atoms with Crippen molar-refractivity contribution in [2.24, 2.45) is 5.92 Å². The highest BCUT2D eigenvalue weighted by Crippen LogP contribution is 2.27. The van der Waals surface area contributed by atoms with Gasteiger partial charge in [-0.25, -0.2) is 8.42 Å². The Hall–Kier alpha value is -0.620. The van der Waals surface area contributed by atoms with Gasteiger partial charge in [0.2, 0.25) is 10.0 Å². The molecular formula is C13H19ClN2O2S. The summed E-state index contributed by atoms with van der Waals surface area (Å²) in [6.45, 7) is 3.81. The second kappa shape index (κ2) is 5.79. The van der Waals surface area contributed by atoms with Crippen LogP contribution in [0.15, 0.2) is 23.1 Å². The number of hydrogen-bond acceptors (Lipinski definition) is 3. The molecule has 1 atom stereocenters. The van der Waals surface area contributed by atoms with Crippen molar-refractivity contribution in [3.8, 4) is 0 Å². The minimum absolute atomic E-state index is 0.363. The van der Waals surface area contributed by atoms with Crippen molar-refractivity contribution in [2.45, 2.75) is 18.2 Å². The number of hydrogen-bond donors (Lipinski definition) is 1. The van der Waals surface area contributed by atoms with Crippen molar-refractivity contribution < 1.29 is 8.42 Å². The zero-order valence-electron chi connectivity index (χ0n) is 11.2. The van der Waals surface area contributed by atoms with Crippen LogP contribution in [-0.2, 0) is 10.0 Å². The molecule has 1 saturated heterocycles. The molecular weight excluding hydrogens is 284 g/mol. The van der Waals surface area contributed by atoms with Crippen LogP contribution in [0.3, 0.4) is 0 Å². The molecule has 1 aromatic carbocycles. The van der Waals surface area contributed by atoms with Crippen LogP contribution in [0.2, 0.25) is 5.02 Å². The van der Waals surface area contributed by atoms with Crippen molar-refractivity contribution in [3.05, 3.63) is 28.8 Å². The first-order chi connectivity index (χ1) is 8.95. The van der Waals surface area contributed by atoms with Crippen molar-refractivity contribution >= 4 is 21.6 Å². The molecule has 19 heavy (non-hydrogen) atoms. The van der Waals surface area contributed by atoms with Crippen LogP contribution >= 0.6 is 11.6 Å². The summed E-state index contributed by atoms with van der Waals surface area (Å²) in [4.78, 5) is 0.363. The summed E-state index contributed by atoms with van der Waals surface area (Å²) in [5, 5.41) is 3.66. The zero-order chi connectivity index (χ0) is 14.0. The molecule has 4 nitrogen and oxygen atoms in total. The van der Waals surface area contributed by atoms with Crippen LogP contribution < -0.4 is 5.32 Å². The highest BCUT2D eigenvalue weighted by molar-refractivity contribution is 7.89. The molecule has 0 unspecified atom stereocenters. The second-order valence-corrected chi connectivity index (χ2v) is 7.33. The van der Waals surface area contributed by atoms with Crippen molar-refractivity contribution in [2.75, 3.05) is 26.7 Å². The van der Waals surface area contributed by atoms with E-state index in [0.717, 1.165) is 13.0 Å². The molecule has 0 bridgehead atoms. The number of nitrogens with one attached hydrogen (secondary N) is 1. The Kier molecular flexibility index (Phi) is 4.50. The van der Waals surface area contributed by atoms with Gasteiger partial charge in [0, 0.05) is 18.1 Å². The lowest BCUT2D eigenvalue weighted by molar-refractivity contribution is 0.451. The fraction of sp³-hybridized carbons (Fsp3) is 0.538. The molecule has 1 aromatic rings. The third-order valence-corrected chi connectivity index (χ3v) is 5.76. The molecule has 2 rings (SSSR count). The lowest BCUT2D eigenvalue weighted by atomic mass is 10.1. The average molecular weight is 303 g/mol. The standard InChI is InChI=1S/C13H19ClN2O2S/c1-10-7-12(14)3-4-13(10)19(17,18)16-6-5-11(9-16)8-15-2/h3-4,7,11,15H,5-6,8-9H2,1-2H3/t11-/m1/s1. The predicted molar refractivity (Wildman–Crippen MR) is 77.0 cm³/mol. The van der Waals surface area contributed by atoms with E-state index in [9.17, 15) is 8.42 Å². The van der Waals surface area contributed by atoms with Gasteiger partial charge in [-0.2, -0.15) is 4.31 Å². The molecule has 0 saturated carbocycles. The monoisotopic (exact) mass is 302 g/mol.